The second kappa shape index (κ2) is 5.70. The molecule has 3 rings (SSSR count). The van der Waals surface area contributed by atoms with E-state index >= 15 is 0 Å². The Bertz CT molecular complexity index is 540. The van der Waals surface area contributed by atoms with Crippen molar-refractivity contribution in [2.75, 3.05) is 13.6 Å². The van der Waals surface area contributed by atoms with Gasteiger partial charge in [0.15, 0.2) is 5.65 Å². The van der Waals surface area contributed by atoms with Crippen molar-refractivity contribution in [3.05, 3.63) is 29.7 Å². The van der Waals surface area contributed by atoms with Gasteiger partial charge in [-0.25, -0.2) is 9.50 Å². The minimum Gasteiger partial charge on any atom is -0.319 e. The van der Waals surface area contributed by atoms with Crippen molar-refractivity contribution in [1.82, 2.24) is 19.9 Å². The molecule has 0 atom stereocenters. The van der Waals surface area contributed by atoms with Crippen molar-refractivity contribution in [3.8, 4) is 0 Å². The zero-order chi connectivity index (χ0) is 13.1. The largest absolute Gasteiger partial charge is 0.319 e. The van der Waals surface area contributed by atoms with Crippen LogP contribution >= 0.6 is 0 Å². The monoisotopic (exact) mass is 258 g/mol. The maximum atomic E-state index is 4.76. The first kappa shape index (κ1) is 12.6. The highest BCUT2D eigenvalue weighted by atomic mass is 15.2. The van der Waals surface area contributed by atoms with Gasteiger partial charge in [-0.2, -0.15) is 5.10 Å². The third kappa shape index (κ3) is 2.78. The molecule has 0 unspecified atom stereocenters. The molecule has 2 aromatic heterocycles. The fourth-order valence-corrected chi connectivity index (χ4v) is 2.94. The van der Waals surface area contributed by atoms with Crippen LogP contribution in [0, 0.1) is 0 Å². The van der Waals surface area contributed by atoms with Gasteiger partial charge in [-0.05, 0) is 32.0 Å². The number of hydrogen-bond acceptors (Lipinski definition) is 3. The fraction of sp³-hybridized carbons (Fsp3) is 0.600. The lowest BCUT2D eigenvalue weighted by Gasteiger charge is -2.20. The highest BCUT2D eigenvalue weighted by Gasteiger charge is 2.17. The molecular weight excluding hydrogens is 236 g/mol. The number of nitrogens with zero attached hydrogens (tertiary/aromatic N) is 3. The van der Waals surface area contributed by atoms with E-state index in [-0.39, 0.29) is 0 Å². The lowest BCUT2D eigenvalue weighted by atomic mass is 9.87. The molecule has 1 aliphatic carbocycles. The summed E-state index contributed by atoms with van der Waals surface area (Å²) in [6, 6.07) is 4.28. The summed E-state index contributed by atoms with van der Waals surface area (Å²) in [5, 5.41) is 7.92. The summed E-state index contributed by atoms with van der Waals surface area (Å²) in [5.74, 6) is 0.654. The van der Waals surface area contributed by atoms with Crippen LogP contribution in [0.2, 0.25) is 0 Å². The summed E-state index contributed by atoms with van der Waals surface area (Å²) in [7, 11) is 1.97. The number of hydrogen-bond donors (Lipinski definition) is 1. The molecule has 1 fully saturated rings. The third-order valence-electron chi connectivity index (χ3n) is 4.05. The molecule has 102 valence electrons. The van der Waals surface area contributed by atoms with Gasteiger partial charge in [-0.15, -0.1) is 0 Å². The van der Waals surface area contributed by atoms with Crippen molar-refractivity contribution in [3.63, 3.8) is 0 Å². The number of aromatic nitrogens is 3. The van der Waals surface area contributed by atoms with E-state index in [1.807, 2.05) is 11.6 Å². The summed E-state index contributed by atoms with van der Waals surface area (Å²) in [6.45, 7) is 0.958. The van der Waals surface area contributed by atoms with Gasteiger partial charge in [0.1, 0.15) is 0 Å². The predicted molar refractivity (Wildman–Crippen MR) is 76.4 cm³/mol. The maximum Gasteiger partial charge on any atom is 0.153 e. The zero-order valence-corrected chi connectivity index (χ0v) is 11.6. The molecule has 0 aliphatic heterocycles. The van der Waals surface area contributed by atoms with Gasteiger partial charge in [0, 0.05) is 18.9 Å². The van der Waals surface area contributed by atoms with E-state index in [0.29, 0.717) is 5.92 Å². The van der Waals surface area contributed by atoms with Gasteiger partial charge >= 0.3 is 0 Å². The Balaban J connectivity index is 1.83. The van der Waals surface area contributed by atoms with Crippen molar-refractivity contribution < 1.29 is 0 Å². The molecule has 0 saturated heterocycles. The Kier molecular flexibility index (Phi) is 3.78. The van der Waals surface area contributed by atoms with E-state index in [9.17, 15) is 0 Å². The third-order valence-corrected chi connectivity index (χ3v) is 4.05. The van der Waals surface area contributed by atoms with E-state index in [0.717, 1.165) is 24.3 Å². The van der Waals surface area contributed by atoms with E-state index in [1.165, 1.54) is 37.8 Å². The van der Waals surface area contributed by atoms with E-state index in [1.54, 1.807) is 0 Å². The topological polar surface area (TPSA) is 42.2 Å². The zero-order valence-electron chi connectivity index (χ0n) is 11.6. The van der Waals surface area contributed by atoms with Crippen LogP contribution in [0.1, 0.15) is 49.4 Å². The lowest BCUT2D eigenvalue weighted by molar-refractivity contribution is 0.433. The Morgan fingerprint density at radius 2 is 2.11 bits per heavy atom. The molecule has 4 heteroatoms. The van der Waals surface area contributed by atoms with E-state index in [2.05, 4.69) is 28.6 Å². The Labute approximate surface area is 114 Å². The molecule has 1 aliphatic rings. The highest BCUT2D eigenvalue weighted by Crippen LogP contribution is 2.31. The van der Waals surface area contributed by atoms with Crippen molar-refractivity contribution in [2.24, 2.45) is 0 Å². The molecule has 1 N–H and O–H groups in total. The van der Waals surface area contributed by atoms with Crippen molar-refractivity contribution in [1.29, 1.82) is 0 Å². The summed E-state index contributed by atoms with van der Waals surface area (Å²) in [5.41, 5.74) is 3.32. The molecule has 4 nitrogen and oxygen atoms in total. The average molecular weight is 258 g/mol. The SMILES string of the molecule is CNCCc1cn2nc(C3CCCCC3)ccc2n1. The summed E-state index contributed by atoms with van der Waals surface area (Å²) < 4.78 is 1.95. The predicted octanol–water partition coefficient (Wildman–Crippen LogP) is 2.54. The fourth-order valence-electron chi connectivity index (χ4n) is 2.94. The summed E-state index contributed by atoms with van der Waals surface area (Å²) >= 11 is 0. The minimum absolute atomic E-state index is 0.654. The van der Waals surface area contributed by atoms with Crippen LogP contribution in [0.25, 0.3) is 5.65 Å². The molecule has 2 heterocycles. The van der Waals surface area contributed by atoms with Gasteiger partial charge in [0.25, 0.3) is 0 Å². The molecule has 0 radical (unpaired) electrons. The van der Waals surface area contributed by atoms with Crippen molar-refractivity contribution >= 4 is 5.65 Å². The Morgan fingerprint density at radius 3 is 2.89 bits per heavy atom. The Morgan fingerprint density at radius 1 is 1.26 bits per heavy atom. The van der Waals surface area contributed by atoms with E-state index in [4.69, 9.17) is 5.10 Å². The normalized spacial score (nSPS) is 17.1. The van der Waals surface area contributed by atoms with Gasteiger partial charge in [0.05, 0.1) is 17.6 Å². The Hall–Kier alpha value is -1.42. The average Bonchev–Trinajstić information content (AvgIpc) is 2.87. The van der Waals surface area contributed by atoms with Gasteiger partial charge in [-0.3, -0.25) is 0 Å². The maximum absolute atomic E-state index is 4.76. The van der Waals surface area contributed by atoms with Crippen LogP contribution in [0.15, 0.2) is 18.3 Å². The van der Waals surface area contributed by atoms with Crippen LogP contribution in [0.5, 0.6) is 0 Å². The molecule has 0 bridgehead atoms. The van der Waals surface area contributed by atoms with Gasteiger partial charge < -0.3 is 5.32 Å². The number of imidazole rings is 1. The first-order chi connectivity index (χ1) is 9.36. The number of likely N-dealkylation sites (N-methyl/N-ethyl adjacent to an activating group) is 1. The second-order valence-electron chi connectivity index (χ2n) is 5.48. The minimum atomic E-state index is 0.654. The number of nitrogens with one attached hydrogen (secondary N) is 1. The van der Waals surface area contributed by atoms with Crippen LogP contribution in [-0.2, 0) is 6.42 Å². The van der Waals surface area contributed by atoms with Crippen LogP contribution in [0.3, 0.4) is 0 Å². The number of rotatable bonds is 4. The first-order valence-electron chi connectivity index (χ1n) is 7.36. The standard InChI is InChI=1S/C15H22N4/c1-16-10-9-13-11-19-15(17-13)8-7-14(18-19)12-5-3-2-4-6-12/h7-8,11-12,16H,2-6,9-10H2,1H3. The highest BCUT2D eigenvalue weighted by molar-refractivity contribution is 5.39. The van der Waals surface area contributed by atoms with Crippen molar-refractivity contribution in [2.45, 2.75) is 44.4 Å². The van der Waals surface area contributed by atoms with Crippen LogP contribution in [0.4, 0.5) is 0 Å². The molecule has 0 amide bonds. The molecule has 0 spiro atoms. The quantitative estimate of drug-likeness (QED) is 0.916. The molecular formula is C15H22N4. The van der Waals surface area contributed by atoms with Crippen LogP contribution in [-0.4, -0.2) is 28.2 Å². The van der Waals surface area contributed by atoms with Gasteiger partial charge in [0.2, 0.25) is 0 Å². The molecule has 2 aromatic rings. The van der Waals surface area contributed by atoms with Gasteiger partial charge in [-0.1, -0.05) is 19.3 Å². The first-order valence-corrected chi connectivity index (χ1v) is 7.36. The number of fused-ring (bicyclic) bond motifs is 1. The van der Waals surface area contributed by atoms with E-state index < -0.39 is 0 Å². The molecule has 1 saturated carbocycles. The molecule has 19 heavy (non-hydrogen) atoms. The molecule has 0 aromatic carbocycles. The smallest absolute Gasteiger partial charge is 0.153 e. The summed E-state index contributed by atoms with van der Waals surface area (Å²) in [4.78, 5) is 4.60. The van der Waals surface area contributed by atoms with Crippen LogP contribution < -0.4 is 5.32 Å². The lowest BCUT2D eigenvalue weighted by Crippen LogP contribution is -2.10. The summed E-state index contributed by atoms with van der Waals surface area (Å²) in [6.07, 6.45) is 9.69. The second-order valence-corrected chi connectivity index (χ2v) is 5.48.